The van der Waals surface area contributed by atoms with E-state index in [2.05, 4.69) is 19.8 Å². The summed E-state index contributed by atoms with van der Waals surface area (Å²) in [6.45, 7) is 1.81. The van der Waals surface area contributed by atoms with Gasteiger partial charge in [0.25, 0.3) is 10.0 Å². The van der Waals surface area contributed by atoms with Crippen molar-refractivity contribution in [1.82, 2.24) is 19.7 Å². The average Bonchev–Trinajstić information content (AvgIpc) is 3.30. The number of rotatable bonds is 7. The lowest BCUT2D eigenvalue weighted by atomic mass is 10.2. The molecule has 0 unspecified atom stereocenters. The number of aryl methyl sites for hydroxylation is 1. The third-order valence-corrected chi connectivity index (χ3v) is 5.71. The molecule has 4 aromatic rings. The van der Waals surface area contributed by atoms with E-state index < -0.39 is 10.0 Å². The zero-order chi connectivity index (χ0) is 21.8. The highest BCUT2D eigenvalue weighted by Gasteiger charge is 2.20. The predicted octanol–water partition coefficient (Wildman–Crippen LogP) is 3.57. The van der Waals surface area contributed by atoms with Crippen molar-refractivity contribution < 1.29 is 17.9 Å². The van der Waals surface area contributed by atoms with E-state index in [0.29, 0.717) is 23.1 Å². The molecule has 158 valence electrons. The number of sulfonamides is 1. The normalized spacial score (nSPS) is 11.2. The zero-order valence-electron chi connectivity index (χ0n) is 16.8. The van der Waals surface area contributed by atoms with Gasteiger partial charge < -0.3 is 9.47 Å². The van der Waals surface area contributed by atoms with E-state index in [1.807, 2.05) is 6.92 Å². The fourth-order valence-electron chi connectivity index (χ4n) is 2.83. The Kier molecular flexibility index (Phi) is 5.54. The van der Waals surface area contributed by atoms with Crippen LogP contribution in [0.25, 0.3) is 5.82 Å². The molecule has 0 saturated carbocycles. The highest BCUT2D eigenvalue weighted by Crippen LogP contribution is 2.28. The summed E-state index contributed by atoms with van der Waals surface area (Å²) in [5.41, 5.74) is 1.19. The number of methoxy groups -OCH3 is 1. The minimum atomic E-state index is -3.83. The lowest BCUT2D eigenvalue weighted by Gasteiger charge is -2.13. The molecule has 0 radical (unpaired) electrons. The Morgan fingerprint density at radius 3 is 2.55 bits per heavy atom. The molecule has 0 aliphatic heterocycles. The number of nitrogens with one attached hydrogen (secondary N) is 1. The molecule has 0 aliphatic rings. The maximum absolute atomic E-state index is 12.8. The first-order valence-corrected chi connectivity index (χ1v) is 10.7. The molecule has 9 nitrogen and oxygen atoms in total. The molecular formula is C21H19N5O4S. The van der Waals surface area contributed by atoms with E-state index in [4.69, 9.17) is 9.47 Å². The van der Waals surface area contributed by atoms with E-state index in [1.54, 1.807) is 71.7 Å². The van der Waals surface area contributed by atoms with Crippen LogP contribution >= 0.6 is 0 Å². The molecular weight excluding hydrogens is 418 g/mol. The number of nitrogens with zero attached hydrogens (tertiary/aromatic N) is 4. The first-order valence-electron chi connectivity index (χ1n) is 9.22. The molecule has 0 bridgehead atoms. The molecule has 0 amide bonds. The van der Waals surface area contributed by atoms with Crippen LogP contribution in [0.3, 0.4) is 0 Å². The molecule has 4 rings (SSSR count). The fraction of sp³-hybridized carbons (Fsp3) is 0.0952. The monoisotopic (exact) mass is 437 g/mol. The lowest BCUT2D eigenvalue weighted by Crippen LogP contribution is -2.14. The minimum Gasteiger partial charge on any atom is -0.495 e. The maximum atomic E-state index is 12.8. The molecule has 10 heteroatoms. The quantitative estimate of drug-likeness (QED) is 0.471. The van der Waals surface area contributed by atoms with Crippen LogP contribution in [0.2, 0.25) is 0 Å². The van der Waals surface area contributed by atoms with Crippen LogP contribution in [-0.4, -0.2) is 35.3 Å². The van der Waals surface area contributed by atoms with Crippen molar-refractivity contribution in [2.75, 3.05) is 11.8 Å². The smallest absolute Gasteiger partial charge is 0.265 e. The van der Waals surface area contributed by atoms with Gasteiger partial charge in [0, 0.05) is 24.1 Å². The average molecular weight is 437 g/mol. The predicted molar refractivity (Wildman–Crippen MR) is 114 cm³/mol. The van der Waals surface area contributed by atoms with E-state index >= 15 is 0 Å². The van der Waals surface area contributed by atoms with Gasteiger partial charge in [-0.1, -0.05) is 6.07 Å². The second-order valence-corrected chi connectivity index (χ2v) is 8.20. The summed E-state index contributed by atoms with van der Waals surface area (Å²) in [5, 5.41) is 4.12. The van der Waals surface area contributed by atoms with Crippen LogP contribution in [0, 0.1) is 6.92 Å². The van der Waals surface area contributed by atoms with Gasteiger partial charge >= 0.3 is 0 Å². The minimum absolute atomic E-state index is 0.0717. The number of anilines is 1. The van der Waals surface area contributed by atoms with Crippen molar-refractivity contribution >= 4 is 15.7 Å². The molecule has 0 atom stereocenters. The standard InChI is InChI=1S/C21H19N5O4S/c1-15-4-9-18(29-2)19(12-15)31(27,28)25-16-5-7-17(8-6-16)30-21-13-20(22-14-23-21)26-11-3-10-24-26/h3-14,25H,1-2H3. The van der Waals surface area contributed by atoms with Gasteiger partial charge in [-0.05, 0) is 55.0 Å². The number of ether oxygens (including phenoxy) is 2. The largest absolute Gasteiger partial charge is 0.495 e. The first kappa shape index (κ1) is 20.4. The highest BCUT2D eigenvalue weighted by molar-refractivity contribution is 7.92. The number of benzene rings is 2. The molecule has 0 saturated heterocycles. The SMILES string of the molecule is COc1ccc(C)cc1S(=O)(=O)Nc1ccc(Oc2cc(-n3cccn3)ncn2)cc1. The van der Waals surface area contributed by atoms with Crippen LogP contribution in [-0.2, 0) is 10.0 Å². The Labute approximate surface area is 179 Å². The number of hydrogen-bond acceptors (Lipinski definition) is 7. The van der Waals surface area contributed by atoms with Crippen molar-refractivity contribution in [1.29, 1.82) is 0 Å². The molecule has 2 aromatic carbocycles. The van der Waals surface area contributed by atoms with Crippen molar-refractivity contribution in [2.45, 2.75) is 11.8 Å². The topological polar surface area (TPSA) is 108 Å². The van der Waals surface area contributed by atoms with Crippen molar-refractivity contribution in [3.05, 3.63) is 78.9 Å². The molecule has 0 aliphatic carbocycles. The Balaban J connectivity index is 1.50. The van der Waals surface area contributed by atoms with E-state index in [1.165, 1.54) is 13.4 Å². The van der Waals surface area contributed by atoms with E-state index in [0.717, 1.165) is 5.56 Å². The van der Waals surface area contributed by atoms with Gasteiger partial charge in [0.2, 0.25) is 5.88 Å². The number of aromatic nitrogens is 4. The number of hydrogen-bond donors (Lipinski definition) is 1. The van der Waals surface area contributed by atoms with Crippen molar-refractivity contribution in [2.24, 2.45) is 0 Å². The summed E-state index contributed by atoms with van der Waals surface area (Å²) in [6, 6.07) is 14.9. The second kappa shape index (κ2) is 8.44. The van der Waals surface area contributed by atoms with Crippen LogP contribution in [0.5, 0.6) is 17.4 Å². The van der Waals surface area contributed by atoms with Gasteiger partial charge in [-0.15, -0.1) is 0 Å². The Morgan fingerprint density at radius 2 is 1.84 bits per heavy atom. The summed E-state index contributed by atoms with van der Waals surface area (Å²) in [4.78, 5) is 8.31. The summed E-state index contributed by atoms with van der Waals surface area (Å²) < 4.78 is 40.7. The van der Waals surface area contributed by atoms with Crippen LogP contribution < -0.4 is 14.2 Å². The van der Waals surface area contributed by atoms with Gasteiger partial charge in [0.05, 0.1) is 7.11 Å². The molecule has 1 N–H and O–H groups in total. The fourth-order valence-corrected chi connectivity index (χ4v) is 4.14. The van der Waals surface area contributed by atoms with Gasteiger partial charge in [0.15, 0.2) is 5.82 Å². The molecule has 2 heterocycles. The molecule has 0 fully saturated rings. The molecule has 0 spiro atoms. The Morgan fingerprint density at radius 1 is 1.03 bits per heavy atom. The van der Waals surface area contributed by atoms with Crippen LogP contribution in [0.4, 0.5) is 5.69 Å². The van der Waals surface area contributed by atoms with E-state index in [-0.39, 0.29) is 10.6 Å². The maximum Gasteiger partial charge on any atom is 0.265 e. The third-order valence-electron chi connectivity index (χ3n) is 4.30. The van der Waals surface area contributed by atoms with Gasteiger partial charge in [-0.3, -0.25) is 4.72 Å². The Bertz CT molecular complexity index is 1290. The third kappa shape index (κ3) is 4.64. The summed E-state index contributed by atoms with van der Waals surface area (Å²) in [6.07, 6.45) is 4.79. The Hall–Kier alpha value is -3.92. The van der Waals surface area contributed by atoms with Gasteiger partial charge in [0.1, 0.15) is 22.7 Å². The van der Waals surface area contributed by atoms with Crippen molar-refractivity contribution in [3.63, 3.8) is 0 Å². The van der Waals surface area contributed by atoms with E-state index in [9.17, 15) is 8.42 Å². The zero-order valence-corrected chi connectivity index (χ0v) is 17.6. The summed E-state index contributed by atoms with van der Waals surface area (Å²) in [7, 11) is -2.40. The highest BCUT2D eigenvalue weighted by atomic mass is 32.2. The second-order valence-electron chi connectivity index (χ2n) is 6.55. The summed E-state index contributed by atoms with van der Waals surface area (Å²) >= 11 is 0. The molecule has 31 heavy (non-hydrogen) atoms. The van der Waals surface area contributed by atoms with Crippen molar-refractivity contribution in [3.8, 4) is 23.2 Å². The van der Waals surface area contributed by atoms with Gasteiger partial charge in [-0.25, -0.2) is 23.1 Å². The summed E-state index contributed by atoms with van der Waals surface area (Å²) in [5.74, 6) is 1.65. The van der Waals surface area contributed by atoms with Gasteiger partial charge in [-0.2, -0.15) is 5.10 Å². The first-order chi connectivity index (χ1) is 14.9. The lowest BCUT2D eigenvalue weighted by molar-refractivity contribution is 0.402. The van der Waals surface area contributed by atoms with Crippen LogP contribution in [0.15, 0.2) is 78.2 Å². The van der Waals surface area contributed by atoms with Crippen LogP contribution in [0.1, 0.15) is 5.56 Å². The molecule has 2 aromatic heterocycles.